The summed E-state index contributed by atoms with van der Waals surface area (Å²) in [5.41, 5.74) is 0. The predicted octanol–water partition coefficient (Wildman–Crippen LogP) is 3.36. The number of nitrogens with zero attached hydrogens (tertiary/aromatic N) is 2. The summed E-state index contributed by atoms with van der Waals surface area (Å²) in [6.07, 6.45) is 3.60. The molecule has 4 nitrogen and oxygen atoms in total. The van der Waals surface area contributed by atoms with Crippen LogP contribution < -0.4 is 0 Å². The molecule has 5 heteroatoms. The lowest BCUT2D eigenvalue weighted by Gasteiger charge is -2.17. The normalized spacial score (nSPS) is 22.1. The maximum absolute atomic E-state index is 11.6. The Morgan fingerprint density at radius 1 is 1.44 bits per heavy atom. The number of carbonyl (C=O) groups excluding carboxylic acids is 1. The molecule has 1 aromatic rings. The van der Waals surface area contributed by atoms with Gasteiger partial charge in [-0.2, -0.15) is 16.7 Å². The first-order chi connectivity index (χ1) is 8.59. The predicted molar refractivity (Wildman–Crippen MR) is 71.6 cm³/mol. The number of aromatic nitrogens is 2. The SMILES string of the molecule is CC(=O)C(c1nc(C2CCCCS2)no1)C(C)C. The van der Waals surface area contributed by atoms with Crippen LogP contribution in [0.25, 0.3) is 0 Å². The van der Waals surface area contributed by atoms with Crippen molar-refractivity contribution in [1.82, 2.24) is 10.1 Å². The Morgan fingerprint density at radius 3 is 2.78 bits per heavy atom. The molecule has 1 aromatic heterocycles. The Morgan fingerprint density at radius 2 is 2.22 bits per heavy atom. The minimum Gasteiger partial charge on any atom is -0.339 e. The molecule has 0 saturated carbocycles. The molecule has 0 aromatic carbocycles. The summed E-state index contributed by atoms with van der Waals surface area (Å²) < 4.78 is 5.31. The third kappa shape index (κ3) is 2.94. The molecule has 0 spiro atoms. The van der Waals surface area contributed by atoms with Crippen LogP contribution in [0.5, 0.6) is 0 Å². The van der Waals surface area contributed by atoms with Crippen molar-refractivity contribution >= 4 is 17.5 Å². The van der Waals surface area contributed by atoms with Gasteiger partial charge < -0.3 is 4.52 Å². The summed E-state index contributed by atoms with van der Waals surface area (Å²) in [6.45, 7) is 5.60. The molecule has 1 aliphatic rings. The van der Waals surface area contributed by atoms with E-state index in [9.17, 15) is 4.79 Å². The van der Waals surface area contributed by atoms with E-state index in [0.717, 1.165) is 18.0 Å². The standard InChI is InChI=1S/C13H20N2O2S/c1-8(2)11(9(3)16)13-14-12(15-17-13)10-6-4-5-7-18-10/h8,10-11H,4-7H2,1-3H3. The van der Waals surface area contributed by atoms with Gasteiger partial charge in [0.2, 0.25) is 5.89 Å². The zero-order valence-corrected chi connectivity index (χ0v) is 12.0. The highest BCUT2D eigenvalue weighted by Crippen LogP contribution is 2.37. The second kappa shape index (κ2) is 5.87. The monoisotopic (exact) mass is 268 g/mol. The van der Waals surface area contributed by atoms with Gasteiger partial charge in [0.25, 0.3) is 0 Å². The summed E-state index contributed by atoms with van der Waals surface area (Å²) >= 11 is 1.89. The van der Waals surface area contributed by atoms with Crippen LogP contribution in [0.4, 0.5) is 0 Å². The van der Waals surface area contributed by atoms with Gasteiger partial charge >= 0.3 is 0 Å². The van der Waals surface area contributed by atoms with Crippen molar-refractivity contribution in [2.24, 2.45) is 5.92 Å². The minimum absolute atomic E-state index is 0.0940. The van der Waals surface area contributed by atoms with Gasteiger partial charge in [0.1, 0.15) is 5.78 Å². The molecular weight excluding hydrogens is 248 g/mol. The maximum Gasteiger partial charge on any atom is 0.237 e. The quantitative estimate of drug-likeness (QED) is 0.838. The van der Waals surface area contributed by atoms with Crippen LogP contribution in [0.15, 0.2) is 4.52 Å². The van der Waals surface area contributed by atoms with Crippen LogP contribution in [-0.4, -0.2) is 21.7 Å². The van der Waals surface area contributed by atoms with Crippen LogP contribution >= 0.6 is 11.8 Å². The fourth-order valence-corrected chi connectivity index (χ4v) is 3.61. The van der Waals surface area contributed by atoms with Gasteiger partial charge in [-0.3, -0.25) is 4.79 Å². The molecular formula is C13H20N2O2S. The van der Waals surface area contributed by atoms with Crippen LogP contribution in [0.3, 0.4) is 0 Å². The number of hydrogen-bond donors (Lipinski definition) is 0. The molecule has 2 unspecified atom stereocenters. The number of thioether (sulfide) groups is 1. The van der Waals surface area contributed by atoms with E-state index < -0.39 is 0 Å². The van der Waals surface area contributed by atoms with Crippen molar-refractivity contribution in [3.05, 3.63) is 11.7 Å². The molecule has 1 saturated heterocycles. The highest BCUT2D eigenvalue weighted by Gasteiger charge is 2.29. The zero-order valence-electron chi connectivity index (χ0n) is 11.2. The smallest absolute Gasteiger partial charge is 0.237 e. The second-order valence-corrected chi connectivity index (χ2v) is 6.49. The Bertz CT molecular complexity index is 411. The summed E-state index contributed by atoms with van der Waals surface area (Å²) in [4.78, 5) is 16.1. The molecule has 1 fully saturated rings. The topological polar surface area (TPSA) is 56.0 Å². The van der Waals surface area contributed by atoms with E-state index in [1.54, 1.807) is 6.92 Å². The van der Waals surface area contributed by atoms with E-state index in [1.807, 2.05) is 25.6 Å². The highest BCUT2D eigenvalue weighted by molar-refractivity contribution is 7.99. The van der Waals surface area contributed by atoms with Crippen LogP contribution in [0, 0.1) is 5.92 Å². The average molecular weight is 268 g/mol. The first-order valence-electron chi connectivity index (χ1n) is 6.55. The summed E-state index contributed by atoms with van der Waals surface area (Å²) in [5, 5.41) is 4.41. The maximum atomic E-state index is 11.6. The van der Waals surface area contributed by atoms with E-state index in [4.69, 9.17) is 4.52 Å². The molecule has 18 heavy (non-hydrogen) atoms. The van der Waals surface area contributed by atoms with Gasteiger partial charge in [0.15, 0.2) is 5.82 Å². The number of hydrogen-bond acceptors (Lipinski definition) is 5. The fourth-order valence-electron chi connectivity index (χ4n) is 2.38. The number of ketones is 1. The lowest BCUT2D eigenvalue weighted by molar-refractivity contribution is -0.119. The van der Waals surface area contributed by atoms with Gasteiger partial charge in [-0.1, -0.05) is 25.4 Å². The second-order valence-electron chi connectivity index (χ2n) is 5.18. The molecule has 2 atom stereocenters. The van der Waals surface area contributed by atoms with Crippen LogP contribution in [0.1, 0.15) is 62.9 Å². The first kappa shape index (κ1) is 13.6. The average Bonchev–Trinajstić information content (AvgIpc) is 2.78. The van der Waals surface area contributed by atoms with E-state index in [-0.39, 0.29) is 17.6 Å². The van der Waals surface area contributed by atoms with Crippen molar-refractivity contribution in [1.29, 1.82) is 0 Å². The molecule has 0 radical (unpaired) electrons. The van der Waals surface area contributed by atoms with Crippen LogP contribution in [-0.2, 0) is 4.79 Å². The molecule has 0 aliphatic carbocycles. The number of carbonyl (C=O) groups is 1. The molecule has 2 rings (SSSR count). The largest absolute Gasteiger partial charge is 0.339 e. The Hall–Kier alpha value is -0.840. The Kier molecular flexibility index (Phi) is 4.43. The van der Waals surface area contributed by atoms with Crippen molar-refractivity contribution in [3.8, 4) is 0 Å². The summed E-state index contributed by atoms with van der Waals surface area (Å²) in [5.74, 6) is 2.43. The molecule has 0 amide bonds. The van der Waals surface area contributed by atoms with Crippen molar-refractivity contribution in [3.63, 3.8) is 0 Å². The Labute approximate surface area is 112 Å². The summed E-state index contributed by atoms with van der Waals surface area (Å²) in [6, 6.07) is 0. The van der Waals surface area contributed by atoms with E-state index >= 15 is 0 Å². The fraction of sp³-hybridized carbons (Fsp3) is 0.769. The first-order valence-corrected chi connectivity index (χ1v) is 7.60. The van der Waals surface area contributed by atoms with E-state index in [0.29, 0.717) is 11.1 Å². The molecule has 0 bridgehead atoms. The van der Waals surface area contributed by atoms with E-state index in [1.165, 1.54) is 12.8 Å². The van der Waals surface area contributed by atoms with Crippen molar-refractivity contribution < 1.29 is 9.32 Å². The van der Waals surface area contributed by atoms with Gasteiger partial charge in [0.05, 0.1) is 11.2 Å². The lowest BCUT2D eigenvalue weighted by Crippen LogP contribution is -2.16. The zero-order chi connectivity index (χ0) is 13.1. The van der Waals surface area contributed by atoms with Gasteiger partial charge in [-0.25, -0.2) is 0 Å². The minimum atomic E-state index is -0.264. The van der Waals surface area contributed by atoms with Crippen molar-refractivity contribution in [2.45, 2.75) is 51.2 Å². The molecule has 100 valence electrons. The van der Waals surface area contributed by atoms with Crippen LogP contribution in [0.2, 0.25) is 0 Å². The number of rotatable bonds is 4. The number of Topliss-reactive ketones (excluding diaryl/α,β-unsaturated/α-hetero) is 1. The van der Waals surface area contributed by atoms with E-state index in [2.05, 4.69) is 10.1 Å². The van der Waals surface area contributed by atoms with Gasteiger partial charge in [-0.15, -0.1) is 0 Å². The van der Waals surface area contributed by atoms with Gasteiger partial charge in [-0.05, 0) is 31.4 Å². The molecule has 1 aliphatic heterocycles. The lowest BCUT2D eigenvalue weighted by atomic mass is 9.92. The Balaban J connectivity index is 2.15. The highest BCUT2D eigenvalue weighted by atomic mass is 32.2. The molecule has 0 N–H and O–H groups in total. The van der Waals surface area contributed by atoms with Crippen molar-refractivity contribution in [2.75, 3.05) is 5.75 Å². The van der Waals surface area contributed by atoms with Gasteiger partial charge in [0, 0.05) is 0 Å². The third-order valence-corrected chi connectivity index (χ3v) is 4.67. The molecule has 2 heterocycles. The summed E-state index contributed by atoms with van der Waals surface area (Å²) in [7, 11) is 0. The third-order valence-electron chi connectivity index (χ3n) is 3.30.